The molecule has 3 heteroatoms. The van der Waals surface area contributed by atoms with Gasteiger partial charge < -0.3 is 9.13 Å². The van der Waals surface area contributed by atoms with Crippen molar-refractivity contribution in [3.8, 4) is 44.8 Å². The third-order valence-corrected chi connectivity index (χ3v) is 14.4. The molecule has 2 aromatic heterocycles. The largest absolute Gasteiger partial charge is 0.310 e. The Morgan fingerprint density at radius 3 is 1.22 bits per heavy atom. The summed E-state index contributed by atoms with van der Waals surface area (Å²) in [5.41, 5.74) is 19.1. The van der Waals surface area contributed by atoms with Gasteiger partial charge in [-0.2, -0.15) is 0 Å². The summed E-state index contributed by atoms with van der Waals surface area (Å²) >= 11 is 0. The molecule has 63 heavy (non-hydrogen) atoms. The number of nitrogens with zero attached hydrogens (tertiary/aromatic N) is 2. The Morgan fingerprint density at radius 1 is 0.254 bits per heavy atom. The van der Waals surface area contributed by atoms with Gasteiger partial charge in [-0.3, -0.25) is 0 Å². The van der Waals surface area contributed by atoms with Crippen molar-refractivity contribution in [2.45, 2.75) is 0 Å². The molecule has 0 N–H and O–H groups in total. The molecule has 0 unspecified atom stereocenters. The third kappa shape index (κ3) is 4.43. The van der Waals surface area contributed by atoms with E-state index in [1.165, 1.54) is 137 Å². The molecule has 2 aliphatic rings. The van der Waals surface area contributed by atoms with Crippen molar-refractivity contribution < 1.29 is 0 Å². The van der Waals surface area contributed by atoms with Crippen molar-refractivity contribution >= 4 is 99.0 Å². The highest BCUT2D eigenvalue weighted by molar-refractivity contribution is 7.00. The van der Waals surface area contributed by atoms with Gasteiger partial charge in [-0.1, -0.05) is 164 Å². The molecule has 0 aliphatic carbocycles. The van der Waals surface area contributed by atoms with Gasteiger partial charge in [0.25, 0.3) is 6.71 Å². The van der Waals surface area contributed by atoms with Crippen LogP contribution in [0.25, 0.3) is 121 Å². The lowest BCUT2D eigenvalue weighted by molar-refractivity contribution is 1.14. The van der Waals surface area contributed by atoms with Gasteiger partial charge in [0.05, 0.1) is 11.0 Å². The fourth-order valence-electron chi connectivity index (χ4n) is 11.8. The van der Waals surface area contributed by atoms with Crippen LogP contribution >= 0.6 is 0 Å². The summed E-state index contributed by atoms with van der Waals surface area (Å²) in [6, 6.07) is 79.8. The predicted molar refractivity (Wildman–Crippen MR) is 269 cm³/mol. The van der Waals surface area contributed by atoms with Gasteiger partial charge in [-0.15, -0.1) is 0 Å². The van der Waals surface area contributed by atoms with Crippen LogP contribution in [0.3, 0.4) is 0 Å². The predicted octanol–water partition coefficient (Wildman–Crippen LogP) is 13.5. The van der Waals surface area contributed by atoms with Crippen LogP contribution in [0.2, 0.25) is 0 Å². The van der Waals surface area contributed by atoms with Gasteiger partial charge >= 0.3 is 0 Å². The number of benzene rings is 11. The molecule has 15 rings (SSSR count). The van der Waals surface area contributed by atoms with E-state index < -0.39 is 0 Å². The van der Waals surface area contributed by atoms with Gasteiger partial charge in [0.1, 0.15) is 0 Å². The Morgan fingerprint density at radius 2 is 0.683 bits per heavy atom. The van der Waals surface area contributed by atoms with Gasteiger partial charge in [-0.25, -0.2) is 0 Å². The van der Waals surface area contributed by atoms with Gasteiger partial charge in [0, 0.05) is 44.0 Å². The second-order valence-corrected chi connectivity index (χ2v) is 17.6. The van der Waals surface area contributed by atoms with Crippen LogP contribution in [-0.2, 0) is 0 Å². The highest BCUT2D eigenvalue weighted by Gasteiger charge is 2.41. The summed E-state index contributed by atoms with van der Waals surface area (Å²) in [5.74, 6) is 0. The van der Waals surface area contributed by atoms with Crippen LogP contribution in [0.4, 0.5) is 0 Å². The van der Waals surface area contributed by atoms with Gasteiger partial charge in [-0.05, 0) is 131 Å². The summed E-state index contributed by atoms with van der Waals surface area (Å²) in [4.78, 5) is 0. The third-order valence-electron chi connectivity index (χ3n) is 14.4. The quantitative estimate of drug-likeness (QED) is 0.125. The monoisotopic (exact) mass is 794 g/mol. The van der Waals surface area contributed by atoms with E-state index in [2.05, 4.69) is 221 Å². The number of rotatable bonds is 3. The van der Waals surface area contributed by atoms with Gasteiger partial charge in [0.2, 0.25) is 0 Å². The Labute approximate surface area is 363 Å². The standard InChI is InChI=1S/C60H35BN2/c1-4-15-36(16-5-1)39-27-28-54-48(29-39)50-30-40(37-17-6-2-7-18-37)32-52-59(50)62(54)55-25-14-26-56-58(55)61(52)53-33-41(38-19-8-3-9-20-38)31-51-49-34-46-44-23-12-10-21-42(44)43-22-11-13-24-45(43)47(46)35-57(49)63(56)60(51)53/h1-35H. The van der Waals surface area contributed by atoms with E-state index in [1.807, 2.05) is 0 Å². The molecule has 11 aromatic carbocycles. The van der Waals surface area contributed by atoms with Crippen molar-refractivity contribution in [2.24, 2.45) is 0 Å². The van der Waals surface area contributed by atoms with Crippen LogP contribution in [0.5, 0.6) is 0 Å². The molecule has 2 aliphatic heterocycles. The highest BCUT2D eigenvalue weighted by atomic mass is 15.0. The molecule has 0 saturated carbocycles. The van der Waals surface area contributed by atoms with E-state index in [-0.39, 0.29) is 6.71 Å². The maximum atomic E-state index is 2.62. The molecule has 2 nitrogen and oxygen atoms in total. The Kier molecular flexibility index (Phi) is 6.53. The molecule has 0 amide bonds. The zero-order valence-electron chi connectivity index (χ0n) is 34.2. The summed E-state index contributed by atoms with van der Waals surface area (Å²) in [6.07, 6.45) is 0. The Hall–Kier alpha value is -8.14. The Bertz CT molecular complexity index is 4120. The van der Waals surface area contributed by atoms with E-state index in [9.17, 15) is 0 Å². The molecule has 0 atom stereocenters. The zero-order valence-corrected chi connectivity index (χ0v) is 34.2. The normalized spacial score (nSPS) is 12.7. The fraction of sp³-hybridized carbons (Fsp3) is 0. The SMILES string of the molecule is c1ccc(-c2ccc3c(c2)c2cc(-c4ccccc4)cc4c2n3-c2cccc3c2B4c2cc(-c4ccccc4)cc4c5cc6c7ccccc7c7ccccc7c6cc5n-3c24)cc1. The number of hydrogen-bond donors (Lipinski definition) is 0. The molecule has 288 valence electrons. The minimum Gasteiger partial charge on any atom is -0.310 e. The van der Waals surface area contributed by atoms with Crippen LogP contribution in [0.1, 0.15) is 0 Å². The summed E-state index contributed by atoms with van der Waals surface area (Å²) in [6.45, 7) is 0.00631. The van der Waals surface area contributed by atoms with Crippen molar-refractivity contribution in [2.75, 3.05) is 0 Å². The van der Waals surface area contributed by atoms with E-state index in [0.717, 1.165) is 0 Å². The lowest BCUT2D eigenvalue weighted by Crippen LogP contribution is -2.59. The molecule has 0 bridgehead atoms. The lowest BCUT2D eigenvalue weighted by Gasteiger charge is -2.34. The van der Waals surface area contributed by atoms with E-state index in [0.29, 0.717) is 0 Å². The van der Waals surface area contributed by atoms with E-state index >= 15 is 0 Å². The number of aromatic nitrogens is 2. The minimum absolute atomic E-state index is 0.00631. The molecule has 13 aromatic rings. The van der Waals surface area contributed by atoms with Crippen LogP contribution in [-0.4, -0.2) is 15.8 Å². The molecule has 4 heterocycles. The second kappa shape index (κ2) is 12.2. The minimum atomic E-state index is 0.00631. The first-order chi connectivity index (χ1) is 31.3. The molecule has 0 saturated heterocycles. The summed E-state index contributed by atoms with van der Waals surface area (Å²) in [7, 11) is 0. The molecular weight excluding hydrogens is 759 g/mol. The van der Waals surface area contributed by atoms with Crippen LogP contribution in [0.15, 0.2) is 212 Å². The zero-order chi connectivity index (χ0) is 40.9. The first-order valence-corrected chi connectivity index (χ1v) is 22.0. The van der Waals surface area contributed by atoms with Crippen molar-refractivity contribution in [3.05, 3.63) is 212 Å². The van der Waals surface area contributed by atoms with Crippen molar-refractivity contribution in [1.29, 1.82) is 0 Å². The molecule has 0 fully saturated rings. The summed E-state index contributed by atoms with van der Waals surface area (Å²) in [5, 5.41) is 12.9. The van der Waals surface area contributed by atoms with Crippen LogP contribution < -0.4 is 16.4 Å². The highest BCUT2D eigenvalue weighted by Crippen LogP contribution is 2.45. The smallest absolute Gasteiger partial charge is 0.252 e. The molecule has 0 radical (unpaired) electrons. The maximum Gasteiger partial charge on any atom is 0.252 e. The number of fused-ring (bicyclic) bond motifs is 16. The fourth-order valence-corrected chi connectivity index (χ4v) is 11.8. The lowest BCUT2D eigenvalue weighted by atomic mass is 9.34. The first-order valence-electron chi connectivity index (χ1n) is 22.0. The number of hydrogen-bond acceptors (Lipinski definition) is 0. The van der Waals surface area contributed by atoms with E-state index in [4.69, 9.17) is 0 Å². The maximum absolute atomic E-state index is 2.62. The van der Waals surface area contributed by atoms with Crippen molar-refractivity contribution in [3.63, 3.8) is 0 Å². The van der Waals surface area contributed by atoms with E-state index in [1.54, 1.807) is 0 Å². The van der Waals surface area contributed by atoms with Crippen molar-refractivity contribution in [1.82, 2.24) is 9.13 Å². The van der Waals surface area contributed by atoms with Crippen LogP contribution in [0, 0.1) is 0 Å². The average molecular weight is 795 g/mol. The average Bonchev–Trinajstić information content (AvgIpc) is 3.87. The first kappa shape index (κ1) is 33.6. The molecular formula is C60H35BN2. The van der Waals surface area contributed by atoms with Gasteiger partial charge in [0.15, 0.2) is 0 Å². The topological polar surface area (TPSA) is 9.86 Å². The summed E-state index contributed by atoms with van der Waals surface area (Å²) < 4.78 is 5.21. The Balaban J connectivity index is 1.13. The molecule has 0 spiro atoms. The second-order valence-electron chi connectivity index (χ2n) is 17.6.